The van der Waals surface area contributed by atoms with Crippen LogP contribution in [0.1, 0.15) is 19.8 Å². The third kappa shape index (κ3) is 11.2. The van der Waals surface area contributed by atoms with Crippen LogP contribution in [0.2, 0.25) is 0 Å². The van der Waals surface area contributed by atoms with Crippen LogP contribution in [0.15, 0.2) is 0 Å². The Kier molecular flexibility index (Phi) is 9.98. The standard InChI is InChI=1S/C7H12N2.2C2HF3O2/c1-2-9-5-3-4-7(9)6-8;2*3-2(4,5)1(6)7/h7H,2-5H2,1H3;2*(H,6,7). The summed E-state index contributed by atoms with van der Waals surface area (Å²) in [7, 11) is 0. The van der Waals surface area contributed by atoms with Crippen LogP contribution < -0.4 is 0 Å². The molecule has 0 amide bonds. The molecule has 1 aliphatic rings. The van der Waals surface area contributed by atoms with Crippen molar-refractivity contribution < 1.29 is 46.1 Å². The zero-order valence-corrected chi connectivity index (χ0v) is 11.8. The highest BCUT2D eigenvalue weighted by Gasteiger charge is 2.38. The number of hydrogen-bond donors (Lipinski definition) is 2. The molecule has 0 aromatic carbocycles. The summed E-state index contributed by atoms with van der Waals surface area (Å²) in [6.07, 6.45) is -7.89. The number of carboxylic acid groups (broad SMARTS) is 2. The molecule has 0 saturated carbocycles. The highest BCUT2D eigenvalue weighted by atomic mass is 19.4. The van der Waals surface area contributed by atoms with Crippen LogP contribution >= 0.6 is 0 Å². The molecule has 1 saturated heterocycles. The Morgan fingerprint density at radius 2 is 1.48 bits per heavy atom. The zero-order chi connectivity index (χ0) is 18.8. The maximum Gasteiger partial charge on any atom is 0.490 e. The van der Waals surface area contributed by atoms with Gasteiger partial charge in [-0.25, -0.2) is 9.59 Å². The van der Waals surface area contributed by atoms with Gasteiger partial charge in [-0.2, -0.15) is 31.6 Å². The van der Waals surface area contributed by atoms with Gasteiger partial charge in [0.2, 0.25) is 0 Å². The zero-order valence-electron chi connectivity index (χ0n) is 11.8. The second-order valence-corrected chi connectivity index (χ2v) is 4.02. The number of nitriles is 1. The molecule has 134 valence electrons. The quantitative estimate of drug-likeness (QED) is 0.702. The molecule has 12 heteroatoms. The largest absolute Gasteiger partial charge is 0.490 e. The highest BCUT2D eigenvalue weighted by molar-refractivity contribution is 5.73. The van der Waals surface area contributed by atoms with Crippen LogP contribution in [0, 0.1) is 11.3 Å². The summed E-state index contributed by atoms with van der Waals surface area (Å²) in [5.74, 6) is -5.51. The summed E-state index contributed by atoms with van der Waals surface area (Å²) in [4.78, 5) is 20.0. The van der Waals surface area contributed by atoms with E-state index in [0.29, 0.717) is 0 Å². The first kappa shape index (κ1) is 23.2. The minimum absolute atomic E-state index is 0.218. The molecule has 2 N–H and O–H groups in total. The van der Waals surface area contributed by atoms with Crippen LogP contribution in [-0.2, 0) is 9.59 Å². The molecule has 23 heavy (non-hydrogen) atoms. The molecule has 1 fully saturated rings. The number of nitrogens with zero attached hydrogens (tertiary/aromatic N) is 2. The lowest BCUT2D eigenvalue weighted by Gasteiger charge is -2.14. The van der Waals surface area contributed by atoms with Crippen molar-refractivity contribution in [2.45, 2.75) is 38.2 Å². The first-order valence-corrected chi connectivity index (χ1v) is 6.01. The fraction of sp³-hybridized carbons (Fsp3) is 0.727. The molecule has 1 heterocycles. The van der Waals surface area contributed by atoms with E-state index in [1.165, 1.54) is 6.42 Å². The van der Waals surface area contributed by atoms with Crippen LogP contribution in [0.5, 0.6) is 0 Å². The number of aliphatic carboxylic acids is 2. The van der Waals surface area contributed by atoms with Gasteiger partial charge in [0.25, 0.3) is 0 Å². The molecule has 0 spiro atoms. The SMILES string of the molecule is CCN1CCCC1C#N.O=C(O)C(F)(F)F.O=C(O)C(F)(F)F. The van der Waals surface area contributed by atoms with E-state index in [2.05, 4.69) is 17.9 Å². The number of rotatable bonds is 1. The van der Waals surface area contributed by atoms with Crippen LogP contribution in [0.3, 0.4) is 0 Å². The van der Waals surface area contributed by atoms with Crippen LogP contribution in [0.25, 0.3) is 0 Å². The van der Waals surface area contributed by atoms with Gasteiger partial charge in [0.15, 0.2) is 0 Å². The first-order chi connectivity index (χ1) is 10.3. The van der Waals surface area contributed by atoms with Crippen LogP contribution in [-0.4, -0.2) is 58.5 Å². The summed E-state index contributed by atoms with van der Waals surface area (Å²) >= 11 is 0. The molecular weight excluding hydrogens is 338 g/mol. The predicted molar refractivity (Wildman–Crippen MR) is 63.3 cm³/mol. The highest BCUT2D eigenvalue weighted by Crippen LogP contribution is 2.15. The summed E-state index contributed by atoms with van der Waals surface area (Å²) < 4.78 is 63.5. The fourth-order valence-corrected chi connectivity index (χ4v) is 1.35. The number of carbonyl (C=O) groups is 2. The van der Waals surface area contributed by atoms with Gasteiger partial charge in [0, 0.05) is 0 Å². The smallest absolute Gasteiger partial charge is 0.475 e. The minimum atomic E-state index is -5.08. The van der Waals surface area contributed by atoms with E-state index < -0.39 is 24.3 Å². The van der Waals surface area contributed by atoms with Gasteiger partial charge < -0.3 is 10.2 Å². The normalized spacial score (nSPS) is 17.9. The lowest BCUT2D eigenvalue weighted by atomic mass is 10.2. The Balaban J connectivity index is 0. The number of carboxylic acids is 2. The Morgan fingerprint density at radius 3 is 1.65 bits per heavy atom. The molecule has 0 aromatic heterocycles. The third-order valence-corrected chi connectivity index (χ3v) is 2.40. The van der Waals surface area contributed by atoms with E-state index in [4.69, 9.17) is 25.1 Å². The number of hydrogen-bond acceptors (Lipinski definition) is 4. The van der Waals surface area contributed by atoms with Crippen molar-refractivity contribution >= 4 is 11.9 Å². The molecule has 0 aliphatic carbocycles. The lowest BCUT2D eigenvalue weighted by molar-refractivity contribution is -0.193. The van der Waals surface area contributed by atoms with Crippen molar-refractivity contribution in [1.29, 1.82) is 5.26 Å². The van der Waals surface area contributed by atoms with Gasteiger partial charge >= 0.3 is 24.3 Å². The number of likely N-dealkylation sites (tertiary alicyclic amines) is 1. The molecule has 0 aromatic rings. The number of alkyl halides is 6. The van der Waals surface area contributed by atoms with Gasteiger partial charge in [-0.3, -0.25) is 4.90 Å². The first-order valence-electron chi connectivity index (χ1n) is 6.01. The van der Waals surface area contributed by atoms with Crippen molar-refractivity contribution in [1.82, 2.24) is 4.90 Å². The Morgan fingerprint density at radius 1 is 1.13 bits per heavy atom. The molecule has 0 bridgehead atoms. The van der Waals surface area contributed by atoms with E-state index in [1.54, 1.807) is 0 Å². The summed E-state index contributed by atoms with van der Waals surface area (Å²) in [5.41, 5.74) is 0. The monoisotopic (exact) mass is 352 g/mol. The molecule has 1 aliphatic heterocycles. The maximum absolute atomic E-state index is 10.6. The number of halogens is 6. The topological polar surface area (TPSA) is 102 Å². The fourth-order valence-electron chi connectivity index (χ4n) is 1.35. The van der Waals surface area contributed by atoms with Gasteiger partial charge in [0.05, 0.1) is 12.1 Å². The van der Waals surface area contributed by atoms with Gasteiger partial charge in [-0.1, -0.05) is 6.92 Å². The summed E-state index contributed by atoms with van der Waals surface area (Å²) in [6, 6.07) is 2.51. The Hall–Kier alpha value is -2.03. The minimum Gasteiger partial charge on any atom is -0.475 e. The maximum atomic E-state index is 10.6. The van der Waals surface area contributed by atoms with Crippen molar-refractivity contribution in [3.05, 3.63) is 0 Å². The predicted octanol–water partition coefficient (Wildman–Crippen LogP) is 2.26. The molecule has 1 atom stereocenters. The van der Waals surface area contributed by atoms with E-state index in [0.717, 1.165) is 19.5 Å². The van der Waals surface area contributed by atoms with Crippen molar-refractivity contribution in [2.24, 2.45) is 0 Å². The molecule has 1 rings (SSSR count). The second-order valence-electron chi connectivity index (χ2n) is 4.02. The van der Waals surface area contributed by atoms with Gasteiger partial charge in [-0.05, 0) is 25.9 Å². The molecule has 0 radical (unpaired) electrons. The van der Waals surface area contributed by atoms with Crippen molar-refractivity contribution in [3.63, 3.8) is 0 Å². The molecule has 1 unspecified atom stereocenters. The molecular formula is C11H14F6N2O4. The van der Waals surface area contributed by atoms with Crippen molar-refractivity contribution in [2.75, 3.05) is 13.1 Å². The average molecular weight is 352 g/mol. The lowest BCUT2D eigenvalue weighted by Crippen LogP contribution is -2.27. The van der Waals surface area contributed by atoms with E-state index in [9.17, 15) is 26.3 Å². The Labute approximate surface area is 126 Å². The third-order valence-electron chi connectivity index (χ3n) is 2.40. The summed E-state index contributed by atoms with van der Waals surface area (Å²) in [6.45, 7) is 4.25. The van der Waals surface area contributed by atoms with Crippen molar-refractivity contribution in [3.8, 4) is 6.07 Å². The van der Waals surface area contributed by atoms with Gasteiger partial charge in [0.1, 0.15) is 0 Å². The van der Waals surface area contributed by atoms with E-state index in [-0.39, 0.29) is 6.04 Å². The van der Waals surface area contributed by atoms with Crippen LogP contribution in [0.4, 0.5) is 26.3 Å². The Bertz CT molecular complexity index is 406. The van der Waals surface area contributed by atoms with E-state index >= 15 is 0 Å². The van der Waals surface area contributed by atoms with Gasteiger partial charge in [-0.15, -0.1) is 0 Å². The molecule has 6 nitrogen and oxygen atoms in total. The average Bonchev–Trinajstić information content (AvgIpc) is 2.85. The second kappa shape index (κ2) is 9.88. The summed E-state index contributed by atoms with van der Waals surface area (Å²) in [5, 5.41) is 22.8. The van der Waals surface area contributed by atoms with E-state index in [1.807, 2.05) is 0 Å².